The first-order valence-electron chi connectivity index (χ1n) is 8.44. The molecule has 1 aliphatic rings. The van der Waals surface area contributed by atoms with Crippen molar-refractivity contribution in [1.82, 2.24) is 0 Å². The molecule has 0 saturated carbocycles. The zero-order valence-corrected chi connectivity index (χ0v) is 14.1. The standard InChI is InChI=1S/C20H22N2O2/c1-3-14-9-5-7-11-16(14)21-17-13-19(23)22(20(17)24)18-12-8-6-10-15(18)4-2/h5-12,17,21H,3-4,13H2,1-2H3/t17-/m0/s1. The van der Waals surface area contributed by atoms with Gasteiger partial charge < -0.3 is 5.32 Å². The van der Waals surface area contributed by atoms with E-state index in [0.717, 1.165) is 29.7 Å². The summed E-state index contributed by atoms with van der Waals surface area (Å²) in [5.41, 5.74) is 3.79. The summed E-state index contributed by atoms with van der Waals surface area (Å²) in [5.74, 6) is -0.320. The maximum Gasteiger partial charge on any atom is 0.256 e. The maximum absolute atomic E-state index is 12.8. The van der Waals surface area contributed by atoms with Crippen LogP contribution in [0.1, 0.15) is 31.4 Å². The first-order valence-corrected chi connectivity index (χ1v) is 8.44. The fraction of sp³-hybridized carbons (Fsp3) is 0.300. The lowest BCUT2D eigenvalue weighted by Crippen LogP contribution is -2.35. The van der Waals surface area contributed by atoms with Gasteiger partial charge in [0, 0.05) is 5.69 Å². The maximum atomic E-state index is 12.8. The van der Waals surface area contributed by atoms with Crippen molar-refractivity contribution in [3.63, 3.8) is 0 Å². The lowest BCUT2D eigenvalue weighted by molar-refractivity contribution is -0.121. The van der Waals surface area contributed by atoms with E-state index in [-0.39, 0.29) is 18.2 Å². The van der Waals surface area contributed by atoms with Crippen LogP contribution in [0.3, 0.4) is 0 Å². The Hall–Kier alpha value is -2.62. The van der Waals surface area contributed by atoms with Crippen LogP contribution in [0, 0.1) is 0 Å². The number of imide groups is 1. The van der Waals surface area contributed by atoms with Crippen LogP contribution in [0.15, 0.2) is 48.5 Å². The second-order valence-corrected chi connectivity index (χ2v) is 5.96. The number of carbonyl (C=O) groups is 2. The van der Waals surface area contributed by atoms with Crippen LogP contribution in [0.25, 0.3) is 0 Å². The van der Waals surface area contributed by atoms with Crippen LogP contribution >= 0.6 is 0 Å². The Kier molecular flexibility index (Phi) is 4.65. The second-order valence-electron chi connectivity index (χ2n) is 5.96. The first kappa shape index (κ1) is 16.2. The minimum Gasteiger partial charge on any atom is -0.373 e. The molecule has 1 N–H and O–H groups in total. The number of amides is 2. The summed E-state index contributed by atoms with van der Waals surface area (Å²) in [6.45, 7) is 4.10. The van der Waals surface area contributed by atoms with Crippen molar-refractivity contribution in [2.75, 3.05) is 10.2 Å². The molecule has 0 bridgehead atoms. The van der Waals surface area contributed by atoms with Crippen LogP contribution in [0.5, 0.6) is 0 Å². The summed E-state index contributed by atoms with van der Waals surface area (Å²) in [5, 5.41) is 3.27. The molecule has 0 radical (unpaired) electrons. The van der Waals surface area contributed by atoms with Crippen molar-refractivity contribution in [3.05, 3.63) is 59.7 Å². The number of nitrogens with one attached hydrogen (secondary N) is 1. The van der Waals surface area contributed by atoms with Crippen LogP contribution in [0.4, 0.5) is 11.4 Å². The van der Waals surface area contributed by atoms with E-state index in [2.05, 4.69) is 12.2 Å². The topological polar surface area (TPSA) is 49.4 Å². The van der Waals surface area contributed by atoms with Gasteiger partial charge in [-0.3, -0.25) is 9.59 Å². The molecule has 4 heteroatoms. The molecule has 1 heterocycles. The Bertz CT molecular complexity index is 770. The van der Waals surface area contributed by atoms with Crippen LogP contribution in [0.2, 0.25) is 0 Å². The van der Waals surface area contributed by atoms with Crippen LogP contribution in [-0.2, 0) is 22.4 Å². The number of carbonyl (C=O) groups excluding carboxylic acids is 2. The largest absolute Gasteiger partial charge is 0.373 e. The Morgan fingerprint density at radius 1 is 0.958 bits per heavy atom. The summed E-state index contributed by atoms with van der Waals surface area (Å²) in [6, 6.07) is 15.0. The molecule has 1 saturated heterocycles. The fourth-order valence-electron chi connectivity index (χ4n) is 3.18. The minimum absolute atomic E-state index is 0.146. The highest BCUT2D eigenvalue weighted by atomic mass is 16.2. The third kappa shape index (κ3) is 2.92. The highest BCUT2D eigenvalue weighted by molar-refractivity contribution is 6.23. The number of hydrogen-bond donors (Lipinski definition) is 1. The molecular formula is C20H22N2O2. The molecule has 2 aromatic carbocycles. The highest BCUT2D eigenvalue weighted by Gasteiger charge is 2.40. The van der Waals surface area contributed by atoms with E-state index >= 15 is 0 Å². The Balaban J connectivity index is 1.87. The summed E-state index contributed by atoms with van der Waals surface area (Å²) >= 11 is 0. The minimum atomic E-state index is -0.505. The van der Waals surface area contributed by atoms with Gasteiger partial charge in [-0.05, 0) is 36.1 Å². The van der Waals surface area contributed by atoms with Gasteiger partial charge in [0.1, 0.15) is 6.04 Å². The molecule has 24 heavy (non-hydrogen) atoms. The van der Waals surface area contributed by atoms with Gasteiger partial charge in [0.05, 0.1) is 12.1 Å². The highest BCUT2D eigenvalue weighted by Crippen LogP contribution is 2.29. The smallest absolute Gasteiger partial charge is 0.256 e. The zero-order valence-electron chi connectivity index (χ0n) is 14.1. The van der Waals surface area contributed by atoms with Gasteiger partial charge in [-0.1, -0.05) is 50.2 Å². The molecule has 2 amide bonds. The van der Waals surface area contributed by atoms with E-state index in [1.807, 2.05) is 55.5 Å². The normalized spacial score (nSPS) is 17.4. The number of para-hydroxylation sites is 2. The quantitative estimate of drug-likeness (QED) is 0.856. The van der Waals surface area contributed by atoms with E-state index in [1.54, 1.807) is 0 Å². The number of rotatable bonds is 5. The molecule has 1 atom stereocenters. The van der Waals surface area contributed by atoms with Gasteiger partial charge in [0.15, 0.2) is 0 Å². The van der Waals surface area contributed by atoms with E-state index in [4.69, 9.17) is 0 Å². The molecule has 1 fully saturated rings. The summed E-state index contributed by atoms with van der Waals surface area (Å²) in [4.78, 5) is 26.6. The molecule has 124 valence electrons. The number of nitrogens with zero attached hydrogens (tertiary/aromatic N) is 1. The Labute approximate surface area is 142 Å². The summed E-state index contributed by atoms with van der Waals surface area (Å²) < 4.78 is 0. The lowest BCUT2D eigenvalue weighted by Gasteiger charge is -2.19. The van der Waals surface area contributed by atoms with Gasteiger partial charge in [-0.25, -0.2) is 4.90 Å². The van der Waals surface area contributed by atoms with Crippen molar-refractivity contribution in [3.8, 4) is 0 Å². The molecule has 0 spiro atoms. The Morgan fingerprint density at radius 2 is 1.58 bits per heavy atom. The van der Waals surface area contributed by atoms with Gasteiger partial charge in [0.2, 0.25) is 5.91 Å². The Morgan fingerprint density at radius 3 is 2.29 bits per heavy atom. The predicted octanol–water partition coefficient (Wildman–Crippen LogP) is 3.56. The van der Waals surface area contributed by atoms with Crippen molar-refractivity contribution < 1.29 is 9.59 Å². The van der Waals surface area contributed by atoms with Crippen molar-refractivity contribution >= 4 is 23.2 Å². The summed E-state index contributed by atoms with van der Waals surface area (Å²) in [7, 11) is 0. The van der Waals surface area contributed by atoms with Gasteiger partial charge in [-0.2, -0.15) is 0 Å². The van der Waals surface area contributed by atoms with Crippen LogP contribution in [-0.4, -0.2) is 17.9 Å². The second kappa shape index (κ2) is 6.87. The first-order chi connectivity index (χ1) is 11.7. The van der Waals surface area contributed by atoms with E-state index in [0.29, 0.717) is 5.69 Å². The molecule has 4 nitrogen and oxygen atoms in total. The molecule has 1 aliphatic heterocycles. The molecular weight excluding hydrogens is 300 g/mol. The molecule has 0 aromatic heterocycles. The molecule has 0 aliphatic carbocycles. The van der Waals surface area contributed by atoms with Gasteiger partial charge in [-0.15, -0.1) is 0 Å². The van der Waals surface area contributed by atoms with Crippen molar-refractivity contribution in [1.29, 1.82) is 0 Å². The SMILES string of the molecule is CCc1ccccc1N[C@H]1CC(=O)N(c2ccccc2CC)C1=O. The van der Waals surface area contributed by atoms with E-state index in [1.165, 1.54) is 4.90 Å². The van der Waals surface area contributed by atoms with E-state index in [9.17, 15) is 9.59 Å². The number of aryl methyl sites for hydroxylation is 2. The number of anilines is 2. The van der Waals surface area contributed by atoms with E-state index < -0.39 is 6.04 Å². The van der Waals surface area contributed by atoms with Crippen molar-refractivity contribution in [2.24, 2.45) is 0 Å². The van der Waals surface area contributed by atoms with Gasteiger partial charge in [0.25, 0.3) is 5.91 Å². The predicted molar refractivity (Wildman–Crippen MR) is 96.2 cm³/mol. The monoisotopic (exact) mass is 322 g/mol. The van der Waals surface area contributed by atoms with Gasteiger partial charge >= 0.3 is 0 Å². The number of benzene rings is 2. The molecule has 0 unspecified atom stereocenters. The van der Waals surface area contributed by atoms with Crippen LogP contribution < -0.4 is 10.2 Å². The zero-order chi connectivity index (χ0) is 17.1. The third-order valence-corrected chi connectivity index (χ3v) is 4.49. The average molecular weight is 322 g/mol. The summed E-state index contributed by atoms with van der Waals surface area (Å²) in [6.07, 6.45) is 1.85. The average Bonchev–Trinajstić information content (AvgIpc) is 2.89. The molecule has 2 aromatic rings. The number of hydrogen-bond acceptors (Lipinski definition) is 3. The molecule has 3 rings (SSSR count). The van der Waals surface area contributed by atoms with Crippen molar-refractivity contribution in [2.45, 2.75) is 39.2 Å². The lowest BCUT2D eigenvalue weighted by atomic mass is 10.1. The third-order valence-electron chi connectivity index (χ3n) is 4.49. The fourth-order valence-corrected chi connectivity index (χ4v) is 3.18.